The molecule has 2 fully saturated rings. The zero-order chi connectivity index (χ0) is 17.5. The number of likely N-dealkylation sites (tertiary alicyclic amines) is 1. The van der Waals surface area contributed by atoms with E-state index in [4.69, 9.17) is 0 Å². The number of carbonyl (C=O) groups is 1. The number of aromatic nitrogens is 1. The maximum atomic E-state index is 12.8. The lowest BCUT2D eigenvalue weighted by atomic mass is 10.1. The zero-order valence-corrected chi connectivity index (χ0v) is 15.6. The second-order valence-corrected chi connectivity index (χ2v) is 7.42. The van der Waals surface area contributed by atoms with E-state index in [9.17, 15) is 4.79 Å². The smallest absolute Gasteiger partial charge is 0.236 e. The molecular formula is C20H32N4O. The Morgan fingerprint density at radius 3 is 2.48 bits per heavy atom. The SMILES string of the molecule is Cc1cc(N2CCCN(C(=O)CN3CCCCCCC3)CC2)ccn1. The predicted octanol–water partition coefficient (Wildman–Crippen LogP) is 2.69. The molecule has 1 aromatic heterocycles. The molecule has 0 aliphatic carbocycles. The normalized spacial score (nSPS) is 20.7. The van der Waals surface area contributed by atoms with Crippen molar-refractivity contribution in [3.05, 3.63) is 24.0 Å². The molecule has 138 valence electrons. The highest BCUT2D eigenvalue weighted by molar-refractivity contribution is 5.78. The summed E-state index contributed by atoms with van der Waals surface area (Å²) in [5.74, 6) is 0.313. The van der Waals surface area contributed by atoms with E-state index in [1.165, 1.54) is 37.8 Å². The van der Waals surface area contributed by atoms with Crippen LogP contribution in [-0.2, 0) is 4.79 Å². The molecule has 0 aromatic carbocycles. The van der Waals surface area contributed by atoms with Gasteiger partial charge in [0.1, 0.15) is 0 Å². The van der Waals surface area contributed by atoms with Crippen molar-refractivity contribution in [3.8, 4) is 0 Å². The van der Waals surface area contributed by atoms with Gasteiger partial charge in [-0.3, -0.25) is 14.7 Å². The molecule has 3 heterocycles. The van der Waals surface area contributed by atoms with Crippen molar-refractivity contribution in [2.45, 2.75) is 45.4 Å². The third-order valence-corrected chi connectivity index (χ3v) is 5.40. The standard InChI is InChI=1S/C20H32N4O/c1-18-16-19(8-9-21-18)23-12-7-13-24(15-14-23)20(25)17-22-10-5-3-2-4-6-11-22/h8-9,16H,2-7,10-15,17H2,1H3. The van der Waals surface area contributed by atoms with E-state index >= 15 is 0 Å². The summed E-state index contributed by atoms with van der Waals surface area (Å²) in [6.07, 6.45) is 9.38. The minimum absolute atomic E-state index is 0.313. The molecule has 2 aliphatic rings. The van der Waals surface area contributed by atoms with E-state index in [0.29, 0.717) is 12.5 Å². The van der Waals surface area contributed by atoms with Gasteiger partial charge in [-0.1, -0.05) is 19.3 Å². The molecule has 0 saturated carbocycles. The Bertz CT molecular complexity index is 554. The molecule has 2 aliphatic heterocycles. The second-order valence-electron chi connectivity index (χ2n) is 7.42. The average molecular weight is 345 g/mol. The summed E-state index contributed by atoms with van der Waals surface area (Å²) >= 11 is 0. The first-order valence-electron chi connectivity index (χ1n) is 9.90. The minimum atomic E-state index is 0.313. The van der Waals surface area contributed by atoms with Gasteiger partial charge in [0.15, 0.2) is 0 Å². The third kappa shape index (κ3) is 5.43. The first-order valence-corrected chi connectivity index (χ1v) is 9.90. The van der Waals surface area contributed by atoms with Gasteiger partial charge in [0, 0.05) is 43.8 Å². The number of nitrogens with zero attached hydrogens (tertiary/aromatic N) is 4. The van der Waals surface area contributed by atoms with Crippen molar-refractivity contribution in [2.24, 2.45) is 0 Å². The van der Waals surface area contributed by atoms with Gasteiger partial charge in [-0.2, -0.15) is 0 Å². The number of rotatable bonds is 3. The molecule has 25 heavy (non-hydrogen) atoms. The highest BCUT2D eigenvalue weighted by Crippen LogP contribution is 2.17. The van der Waals surface area contributed by atoms with Crippen LogP contribution in [0.2, 0.25) is 0 Å². The van der Waals surface area contributed by atoms with E-state index in [2.05, 4.69) is 31.8 Å². The molecule has 0 spiro atoms. The summed E-state index contributed by atoms with van der Waals surface area (Å²) in [5.41, 5.74) is 2.28. The molecular weight excluding hydrogens is 312 g/mol. The Hall–Kier alpha value is -1.62. The van der Waals surface area contributed by atoms with Gasteiger partial charge < -0.3 is 9.80 Å². The molecule has 5 nitrogen and oxygen atoms in total. The summed E-state index contributed by atoms with van der Waals surface area (Å²) in [4.78, 5) is 23.9. The molecule has 1 aromatic rings. The van der Waals surface area contributed by atoms with Crippen LogP contribution in [0.15, 0.2) is 18.3 Å². The molecule has 0 radical (unpaired) electrons. The monoisotopic (exact) mass is 344 g/mol. The van der Waals surface area contributed by atoms with E-state index in [0.717, 1.165) is 51.4 Å². The third-order valence-electron chi connectivity index (χ3n) is 5.40. The molecule has 1 amide bonds. The molecule has 0 unspecified atom stereocenters. The maximum Gasteiger partial charge on any atom is 0.236 e. The summed E-state index contributed by atoms with van der Waals surface area (Å²) in [6, 6.07) is 4.21. The van der Waals surface area contributed by atoms with Crippen LogP contribution in [0.3, 0.4) is 0 Å². The van der Waals surface area contributed by atoms with Crippen molar-refractivity contribution in [2.75, 3.05) is 50.7 Å². The molecule has 0 N–H and O–H groups in total. The van der Waals surface area contributed by atoms with Gasteiger partial charge in [-0.25, -0.2) is 0 Å². The van der Waals surface area contributed by atoms with Crippen LogP contribution in [-0.4, -0.2) is 66.5 Å². The van der Waals surface area contributed by atoms with Gasteiger partial charge in [0.05, 0.1) is 6.54 Å². The number of amides is 1. The quantitative estimate of drug-likeness (QED) is 0.845. The Balaban J connectivity index is 1.52. The summed E-state index contributed by atoms with van der Waals surface area (Å²) < 4.78 is 0. The Morgan fingerprint density at radius 1 is 0.960 bits per heavy atom. The number of aryl methyl sites for hydroxylation is 1. The van der Waals surface area contributed by atoms with Crippen molar-refractivity contribution in [1.82, 2.24) is 14.8 Å². The lowest BCUT2D eigenvalue weighted by Gasteiger charge is -2.28. The molecule has 0 atom stereocenters. The fraction of sp³-hybridized carbons (Fsp3) is 0.700. The molecule has 3 rings (SSSR count). The number of anilines is 1. The zero-order valence-electron chi connectivity index (χ0n) is 15.6. The minimum Gasteiger partial charge on any atom is -0.370 e. The summed E-state index contributed by atoms with van der Waals surface area (Å²) in [5, 5.41) is 0. The van der Waals surface area contributed by atoms with Crippen LogP contribution in [0.1, 0.15) is 44.2 Å². The Kier molecular flexibility index (Phi) is 6.68. The fourth-order valence-electron chi connectivity index (χ4n) is 3.91. The maximum absolute atomic E-state index is 12.8. The molecule has 5 heteroatoms. The lowest BCUT2D eigenvalue weighted by Crippen LogP contribution is -2.43. The van der Waals surface area contributed by atoms with E-state index in [-0.39, 0.29) is 0 Å². The van der Waals surface area contributed by atoms with Gasteiger partial charge in [-0.05, 0) is 51.4 Å². The van der Waals surface area contributed by atoms with Gasteiger partial charge in [0.2, 0.25) is 5.91 Å². The van der Waals surface area contributed by atoms with Gasteiger partial charge >= 0.3 is 0 Å². The van der Waals surface area contributed by atoms with Crippen molar-refractivity contribution in [3.63, 3.8) is 0 Å². The Morgan fingerprint density at radius 2 is 1.72 bits per heavy atom. The first kappa shape index (κ1) is 18.2. The molecule has 0 bridgehead atoms. The van der Waals surface area contributed by atoms with Crippen LogP contribution >= 0.6 is 0 Å². The summed E-state index contributed by atoms with van der Waals surface area (Å²) in [7, 11) is 0. The van der Waals surface area contributed by atoms with Crippen LogP contribution in [0.25, 0.3) is 0 Å². The fourth-order valence-corrected chi connectivity index (χ4v) is 3.91. The number of carbonyl (C=O) groups excluding carboxylic acids is 1. The van der Waals surface area contributed by atoms with Crippen LogP contribution < -0.4 is 4.90 Å². The lowest BCUT2D eigenvalue weighted by molar-refractivity contribution is -0.132. The van der Waals surface area contributed by atoms with E-state index < -0.39 is 0 Å². The number of pyridine rings is 1. The van der Waals surface area contributed by atoms with Crippen molar-refractivity contribution >= 4 is 11.6 Å². The van der Waals surface area contributed by atoms with Gasteiger partial charge in [0.25, 0.3) is 0 Å². The summed E-state index contributed by atoms with van der Waals surface area (Å²) in [6.45, 7) is 8.44. The predicted molar refractivity (Wildman–Crippen MR) is 102 cm³/mol. The number of hydrogen-bond donors (Lipinski definition) is 0. The van der Waals surface area contributed by atoms with Crippen molar-refractivity contribution < 1.29 is 4.79 Å². The van der Waals surface area contributed by atoms with Crippen LogP contribution in [0.4, 0.5) is 5.69 Å². The van der Waals surface area contributed by atoms with Crippen molar-refractivity contribution in [1.29, 1.82) is 0 Å². The Labute approximate surface area is 152 Å². The van der Waals surface area contributed by atoms with Crippen LogP contribution in [0.5, 0.6) is 0 Å². The second kappa shape index (κ2) is 9.18. The average Bonchev–Trinajstić information content (AvgIpc) is 2.83. The first-order chi connectivity index (χ1) is 12.2. The highest BCUT2D eigenvalue weighted by atomic mass is 16.2. The van der Waals surface area contributed by atoms with E-state index in [1.54, 1.807) is 0 Å². The topological polar surface area (TPSA) is 39.7 Å². The highest BCUT2D eigenvalue weighted by Gasteiger charge is 2.21. The van der Waals surface area contributed by atoms with Gasteiger partial charge in [-0.15, -0.1) is 0 Å². The largest absolute Gasteiger partial charge is 0.370 e. The van der Waals surface area contributed by atoms with E-state index in [1.807, 2.05) is 13.1 Å². The van der Waals surface area contributed by atoms with Crippen LogP contribution in [0, 0.1) is 6.92 Å². The molecule has 2 saturated heterocycles. The number of hydrogen-bond acceptors (Lipinski definition) is 4.